The van der Waals surface area contributed by atoms with Crippen molar-refractivity contribution in [2.24, 2.45) is 0 Å². The van der Waals surface area contributed by atoms with Gasteiger partial charge in [0.2, 0.25) is 0 Å². The number of aromatic nitrogens is 3. The van der Waals surface area contributed by atoms with E-state index in [1.807, 2.05) is 30.5 Å². The minimum atomic E-state index is 0.758. The molecule has 0 amide bonds. The van der Waals surface area contributed by atoms with Crippen LogP contribution in [0.2, 0.25) is 0 Å². The molecule has 0 bridgehead atoms. The summed E-state index contributed by atoms with van der Waals surface area (Å²) < 4.78 is 5.31. The predicted octanol–water partition coefficient (Wildman–Crippen LogP) is 2.46. The first-order valence-electron chi connectivity index (χ1n) is 4.59. The number of hydrogen-bond donors (Lipinski definition) is 2. The molecule has 1 radical (unpaired) electrons. The number of H-pyrrole nitrogens is 2. The highest BCUT2D eigenvalue weighted by Gasteiger charge is 2.12. The molecule has 0 spiro atoms. The maximum Gasteiger partial charge on any atom is 0.174 e. The highest BCUT2D eigenvalue weighted by Crippen LogP contribution is 2.27. The Morgan fingerprint density at radius 1 is 1.27 bits per heavy atom. The van der Waals surface area contributed by atoms with Crippen LogP contribution in [0.5, 0.6) is 0 Å². The van der Waals surface area contributed by atoms with E-state index in [0.29, 0.717) is 0 Å². The SMILES string of the molecule is [c]1nc(-c2ccc[nH]2)c(-c2ccco2)[nH]1. The largest absolute Gasteiger partial charge is 0.463 e. The van der Waals surface area contributed by atoms with E-state index in [-0.39, 0.29) is 0 Å². The van der Waals surface area contributed by atoms with Gasteiger partial charge in [-0.15, -0.1) is 0 Å². The summed E-state index contributed by atoms with van der Waals surface area (Å²) in [6.45, 7) is 0. The van der Waals surface area contributed by atoms with Gasteiger partial charge in [0.25, 0.3) is 0 Å². The Bertz CT molecular complexity index is 485. The lowest BCUT2D eigenvalue weighted by atomic mass is 10.2. The number of aromatic amines is 2. The van der Waals surface area contributed by atoms with Crippen LogP contribution >= 0.6 is 0 Å². The number of hydrogen-bond acceptors (Lipinski definition) is 2. The van der Waals surface area contributed by atoms with Crippen molar-refractivity contribution in [1.82, 2.24) is 15.0 Å². The molecule has 3 rings (SSSR count). The minimum absolute atomic E-state index is 0.758. The molecule has 3 aromatic heterocycles. The van der Waals surface area contributed by atoms with Gasteiger partial charge in [-0.3, -0.25) is 0 Å². The topological polar surface area (TPSA) is 57.6 Å². The third-order valence-corrected chi connectivity index (χ3v) is 2.21. The number of imidazole rings is 1. The van der Waals surface area contributed by atoms with Crippen molar-refractivity contribution in [3.05, 3.63) is 43.1 Å². The van der Waals surface area contributed by atoms with E-state index in [1.54, 1.807) is 6.26 Å². The van der Waals surface area contributed by atoms with Crippen LogP contribution in [0.4, 0.5) is 0 Å². The smallest absolute Gasteiger partial charge is 0.174 e. The highest BCUT2D eigenvalue weighted by atomic mass is 16.3. The van der Waals surface area contributed by atoms with Gasteiger partial charge >= 0.3 is 0 Å². The van der Waals surface area contributed by atoms with Crippen molar-refractivity contribution in [2.75, 3.05) is 0 Å². The fourth-order valence-corrected chi connectivity index (χ4v) is 1.53. The fourth-order valence-electron chi connectivity index (χ4n) is 1.53. The molecule has 3 heterocycles. The molecule has 2 N–H and O–H groups in total. The number of nitrogens with one attached hydrogen (secondary N) is 2. The predicted molar refractivity (Wildman–Crippen MR) is 54.9 cm³/mol. The number of furan rings is 1. The summed E-state index contributed by atoms with van der Waals surface area (Å²) >= 11 is 0. The molecule has 3 aromatic rings. The second-order valence-electron chi connectivity index (χ2n) is 3.13. The van der Waals surface area contributed by atoms with E-state index in [9.17, 15) is 0 Å². The van der Waals surface area contributed by atoms with Gasteiger partial charge in [-0.2, -0.15) is 0 Å². The van der Waals surface area contributed by atoms with E-state index in [2.05, 4.69) is 21.3 Å². The van der Waals surface area contributed by atoms with Crippen molar-refractivity contribution in [2.45, 2.75) is 0 Å². The van der Waals surface area contributed by atoms with Crippen LogP contribution in [0, 0.1) is 6.33 Å². The Hall–Kier alpha value is -2.23. The van der Waals surface area contributed by atoms with Gasteiger partial charge in [-0.05, 0) is 24.3 Å². The molecule has 15 heavy (non-hydrogen) atoms. The number of rotatable bonds is 2. The lowest BCUT2D eigenvalue weighted by molar-refractivity contribution is 0.580. The van der Waals surface area contributed by atoms with E-state index < -0.39 is 0 Å². The molecule has 73 valence electrons. The number of nitrogens with zero attached hydrogens (tertiary/aromatic N) is 1. The van der Waals surface area contributed by atoms with E-state index >= 15 is 0 Å². The van der Waals surface area contributed by atoms with E-state index in [0.717, 1.165) is 22.8 Å². The Morgan fingerprint density at radius 2 is 2.27 bits per heavy atom. The molecule has 0 saturated carbocycles. The highest BCUT2D eigenvalue weighted by molar-refractivity contribution is 5.73. The van der Waals surface area contributed by atoms with Crippen molar-refractivity contribution >= 4 is 0 Å². The standard InChI is InChI=1S/C11H8N3O/c1-3-8(12-5-1)10-11(14-7-13-10)9-4-2-6-15-9/h1-6,12H,(H,13,14). The molecule has 0 fully saturated rings. The van der Waals surface area contributed by atoms with E-state index in [4.69, 9.17) is 4.42 Å². The molecule has 0 atom stereocenters. The zero-order valence-corrected chi connectivity index (χ0v) is 7.82. The van der Waals surface area contributed by atoms with Crippen molar-refractivity contribution < 1.29 is 4.42 Å². The maximum atomic E-state index is 5.31. The Balaban J connectivity index is 2.15. The molecular formula is C11H8N3O. The van der Waals surface area contributed by atoms with Crippen LogP contribution in [-0.2, 0) is 0 Å². The van der Waals surface area contributed by atoms with Crippen molar-refractivity contribution in [3.63, 3.8) is 0 Å². The first-order valence-corrected chi connectivity index (χ1v) is 4.59. The first-order chi connectivity index (χ1) is 7.45. The van der Waals surface area contributed by atoms with Gasteiger partial charge in [0, 0.05) is 6.20 Å². The summed E-state index contributed by atoms with van der Waals surface area (Å²) in [5, 5.41) is 0. The summed E-state index contributed by atoms with van der Waals surface area (Å²) in [6.07, 6.45) is 6.21. The monoisotopic (exact) mass is 198 g/mol. The average Bonchev–Trinajstić information content (AvgIpc) is 3.01. The quantitative estimate of drug-likeness (QED) is 0.664. The third kappa shape index (κ3) is 1.27. The molecule has 4 heteroatoms. The zero-order valence-electron chi connectivity index (χ0n) is 7.82. The second-order valence-corrected chi connectivity index (χ2v) is 3.13. The van der Waals surface area contributed by atoms with Gasteiger partial charge in [0.15, 0.2) is 12.1 Å². The summed E-state index contributed by atoms with van der Waals surface area (Å²) in [5.41, 5.74) is 2.59. The lowest BCUT2D eigenvalue weighted by Crippen LogP contribution is -1.81. The summed E-state index contributed by atoms with van der Waals surface area (Å²) in [5.74, 6) is 0.758. The van der Waals surface area contributed by atoms with Crippen LogP contribution in [-0.4, -0.2) is 15.0 Å². The molecule has 0 aliphatic carbocycles. The van der Waals surface area contributed by atoms with Crippen molar-refractivity contribution in [1.29, 1.82) is 0 Å². The van der Waals surface area contributed by atoms with Crippen LogP contribution in [0.15, 0.2) is 41.1 Å². The Morgan fingerprint density at radius 3 is 3.00 bits per heavy atom. The Kier molecular flexibility index (Phi) is 1.71. The fraction of sp³-hybridized carbons (Fsp3) is 0. The molecule has 0 aromatic carbocycles. The van der Waals surface area contributed by atoms with Gasteiger partial charge in [0.1, 0.15) is 11.4 Å². The van der Waals surface area contributed by atoms with E-state index in [1.165, 1.54) is 0 Å². The van der Waals surface area contributed by atoms with Gasteiger partial charge in [-0.25, -0.2) is 4.98 Å². The third-order valence-electron chi connectivity index (χ3n) is 2.21. The normalized spacial score (nSPS) is 10.7. The lowest BCUT2D eigenvalue weighted by Gasteiger charge is -1.96. The van der Waals surface area contributed by atoms with Crippen LogP contribution < -0.4 is 0 Å². The molecule has 4 nitrogen and oxygen atoms in total. The van der Waals surface area contributed by atoms with Gasteiger partial charge in [0.05, 0.1) is 12.0 Å². The Labute approximate surface area is 86.0 Å². The van der Waals surface area contributed by atoms with Crippen molar-refractivity contribution in [3.8, 4) is 22.8 Å². The summed E-state index contributed by atoms with van der Waals surface area (Å²) in [4.78, 5) is 10.2. The average molecular weight is 198 g/mol. The molecular weight excluding hydrogens is 190 g/mol. The maximum absolute atomic E-state index is 5.31. The van der Waals surface area contributed by atoms with Gasteiger partial charge in [-0.1, -0.05) is 0 Å². The van der Waals surface area contributed by atoms with Gasteiger partial charge < -0.3 is 14.4 Å². The zero-order chi connectivity index (χ0) is 10.1. The first kappa shape index (κ1) is 8.11. The second kappa shape index (κ2) is 3.16. The molecule has 0 saturated heterocycles. The molecule has 0 unspecified atom stereocenters. The minimum Gasteiger partial charge on any atom is -0.463 e. The van der Waals surface area contributed by atoms with Crippen LogP contribution in [0.25, 0.3) is 22.8 Å². The molecule has 0 aliphatic heterocycles. The molecule has 0 aliphatic rings. The summed E-state index contributed by atoms with van der Waals surface area (Å²) in [7, 11) is 0. The van der Waals surface area contributed by atoms with Crippen LogP contribution in [0.3, 0.4) is 0 Å². The summed E-state index contributed by atoms with van der Waals surface area (Å²) in [6, 6.07) is 7.61. The van der Waals surface area contributed by atoms with Crippen LogP contribution in [0.1, 0.15) is 0 Å².